The van der Waals surface area contributed by atoms with Crippen molar-refractivity contribution in [2.45, 2.75) is 19.0 Å². The maximum Gasteiger partial charge on any atom is 0.416 e. The van der Waals surface area contributed by atoms with Gasteiger partial charge in [0, 0.05) is 12.0 Å². The number of rotatable bonds is 5. The van der Waals surface area contributed by atoms with Crippen LogP contribution in [0.4, 0.5) is 13.2 Å². The van der Waals surface area contributed by atoms with Crippen molar-refractivity contribution in [2.75, 3.05) is 13.6 Å². The van der Waals surface area contributed by atoms with E-state index in [1.165, 1.54) is 6.07 Å². The maximum absolute atomic E-state index is 12.6. The van der Waals surface area contributed by atoms with Crippen LogP contribution in [0.5, 0.6) is 0 Å². The van der Waals surface area contributed by atoms with Gasteiger partial charge in [-0.3, -0.25) is 0 Å². The number of hydrogen-bond acceptors (Lipinski definition) is 3. The summed E-state index contributed by atoms with van der Waals surface area (Å²) >= 11 is 0. The fraction of sp³-hybridized carbons (Fsp3) is 0.357. The zero-order valence-electron chi connectivity index (χ0n) is 11.0. The van der Waals surface area contributed by atoms with E-state index < -0.39 is 11.7 Å². The second-order valence-corrected chi connectivity index (χ2v) is 4.42. The van der Waals surface area contributed by atoms with Gasteiger partial charge in [0.05, 0.1) is 11.8 Å². The Morgan fingerprint density at radius 3 is 2.80 bits per heavy atom. The summed E-state index contributed by atoms with van der Waals surface area (Å²) in [4.78, 5) is 4.03. The molecule has 0 aliphatic heterocycles. The lowest BCUT2D eigenvalue weighted by atomic mass is 10.1. The molecule has 0 saturated carbocycles. The van der Waals surface area contributed by atoms with Crippen molar-refractivity contribution in [1.29, 1.82) is 0 Å². The number of aromatic nitrogens is 1. The summed E-state index contributed by atoms with van der Waals surface area (Å²) in [6, 6.07) is 4.98. The molecule has 2 aromatic rings. The Kier molecular flexibility index (Phi) is 4.44. The summed E-state index contributed by atoms with van der Waals surface area (Å²) in [5.74, 6) is 0.892. The minimum Gasteiger partial charge on any atom is -0.441 e. The van der Waals surface area contributed by atoms with Gasteiger partial charge in [-0.1, -0.05) is 6.07 Å². The van der Waals surface area contributed by atoms with Crippen molar-refractivity contribution >= 4 is 0 Å². The number of nitrogens with one attached hydrogen (secondary N) is 1. The molecule has 1 aromatic heterocycles. The van der Waals surface area contributed by atoms with Gasteiger partial charge in [-0.15, -0.1) is 0 Å². The number of benzene rings is 1. The monoisotopic (exact) mass is 284 g/mol. The fourth-order valence-electron chi connectivity index (χ4n) is 1.82. The molecule has 2 rings (SSSR count). The Hall–Kier alpha value is -1.82. The van der Waals surface area contributed by atoms with Gasteiger partial charge < -0.3 is 9.73 Å². The molecule has 0 aliphatic carbocycles. The summed E-state index contributed by atoms with van der Waals surface area (Å²) in [5.41, 5.74) is -0.371. The molecule has 6 heteroatoms. The van der Waals surface area contributed by atoms with Gasteiger partial charge in [0.25, 0.3) is 0 Å². The minimum absolute atomic E-state index is 0.218. The topological polar surface area (TPSA) is 38.1 Å². The van der Waals surface area contributed by atoms with Crippen LogP contribution in [0.2, 0.25) is 0 Å². The highest BCUT2D eigenvalue weighted by Gasteiger charge is 2.30. The largest absolute Gasteiger partial charge is 0.441 e. The van der Waals surface area contributed by atoms with E-state index in [4.69, 9.17) is 4.42 Å². The predicted octanol–water partition coefficient (Wildman–Crippen LogP) is 3.51. The third-order valence-corrected chi connectivity index (χ3v) is 2.84. The molecule has 0 fully saturated rings. The molecular weight excluding hydrogens is 269 g/mol. The molecule has 108 valence electrons. The molecule has 0 atom stereocenters. The summed E-state index contributed by atoms with van der Waals surface area (Å²) in [7, 11) is 1.86. The van der Waals surface area contributed by atoms with Crippen molar-refractivity contribution < 1.29 is 17.6 Å². The Balaban J connectivity index is 2.16. The SMILES string of the molecule is CNCCCc1cnc(-c2cccc(C(F)(F)F)c2)o1. The Labute approximate surface area is 114 Å². The lowest BCUT2D eigenvalue weighted by Crippen LogP contribution is -2.08. The maximum atomic E-state index is 12.6. The molecule has 1 N–H and O–H groups in total. The van der Waals surface area contributed by atoms with E-state index >= 15 is 0 Å². The molecule has 0 unspecified atom stereocenters. The van der Waals surface area contributed by atoms with Crippen LogP contribution in [0.3, 0.4) is 0 Å². The Bertz CT molecular complexity index is 564. The van der Waals surface area contributed by atoms with Crippen LogP contribution >= 0.6 is 0 Å². The van der Waals surface area contributed by atoms with E-state index in [-0.39, 0.29) is 5.89 Å². The minimum atomic E-state index is -4.36. The van der Waals surface area contributed by atoms with E-state index in [1.807, 2.05) is 7.05 Å². The summed E-state index contributed by atoms with van der Waals surface area (Å²) in [6.45, 7) is 0.847. The van der Waals surface area contributed by atoms with Crippen molar-refractivity contribution in [2.24, 2.45) is 0 Å². The highest BCUT2D eigenvalue weighted by Crippen LogP contribution is 2.32. The summed E-state index contributed by atoms with van der Waals surface area (Å²) < 4.78 is 43.4. The third kappa shape index (κ3) is 3.60. The van der Waals surface area contributed by atoms with Crippen LogP contribution in [-0.2, 0) is 12.6 Å². The van der Waals surface area contributed by atoms with Gasteiger partial charge in [-0.2, -0.15) is 13.2 Å². The van der Waals surface area contributed by atoms with Crippen LogP contribution in [0, 0.1) is 0 Å². The quantitative estimate of drug-likeness (QED) is 0.854. The molecule has 0 saturated heterocycles. The number of hydrogen-bond donors (Lipinski definition) is 1. The standard InChI is InChI=1S/C14H15F3N2O/c1-18-7-3-6-12-9-19-13(20-12)10-4-2-5-11(8-10)14(15,16)17/h2,4-5,8-9,18H,3,6-7H2,1H3. The molecule has 3 nitrogen and oxygen atoms in total. The molecule has 0 radical (unpaired) electrons. The van der Waals surface area contributed by atoms with Crippen molar-refractivity contribution in [3.63, 3.8) is 0 Å². The first-order valence-corrected chi connectivity index (χ1v) is 6.27. The summed E-state index contributed by atoms with van der Waals surface area (Å²) in [5, 5.41) is 3.01. The predicted molar refractivity (Wildman–Crippen MR) is 69.2 cm³/mol. The smallest absolute Gasteiger partial charge is 0.416 e. The second-order valence-electron chi connectivity index (χ2n) is 4.42. The highest BCUT2D eigenvalue weighted by molar-refractivity contribution is 5.54. The number of oxazole rings is 1. The van der Waals surface area contributed by atoms with Gasteiger partial charge in [0.1, 0.15) is 5.76 Å². The second kappa shape index (κ2) is 6.09. The molecule has 0 amide bonds. The van der Waals surface area contributed by atoms with E-state index in [9.17, 15) is 13.2 Å². The van der Waals surface area contributed by atoms with Crippen LogP contribution in [0.25, 0.3) is 11.5 Å². The zero-order valence-corrected chi connectivity index (χ0v) is 11.0. The molecule has 1 heterocycles. The van der Waals surface area contributed by atoms with Crippen LogP contribution in [-0.4, -0.2) is 18.6 Å². The molecular formula is C14H15F3N2O. The molecule has 1 aromatic carbocycles. The molecule has 0 aliphatic rings. The van der Waals surface area contributed by atoms with E-state index in [2.05, 4.69) is 10.3 Å². The lowest BCUT2D eigenvalue weighted by Gasteiger charge is -2.06. The van der Waals surface area contributed by atoms with E-state index in [0.717, 1.165) is 25.1 Å². The van der Waals surface area contributed by atoms with Crippen LogP contribution < -0.4 is 5.32 Å². The number of aryl methyl sites for hydroxylation is 1. The van der Waals surface area contributed by atoms with E-state index in [1.54, 1.807) is 12.3 Å². The van der Waals surface area contributed by atoms with Gasteiger partial charge in [-0.25, -0.2) is 4.98 Å². The first-order chi connectivity index (χ1) is 9.50. The van der Waals surface area contributed by atoms with Crippen molar-refractivity contribution in [3.8, 4) is 11.5 Å². The fourth-order valence-corrected chi connectivity index (χ4v) is 1.82. The molecule has 20 heavy (non-hydrogen) atoms. The van der Waals surface area contributed by atoms with E-state index in [0.29, 0.717) is 17.7 Å². The van der Waals surface area contributed by atoms with Gasteiger partial charge in [0.15, 0.2) is 0 Å². The lowest BCUT2D eigenvalue weighted by molar-refractivity contribution is -0.137. The normalized spacial score (nSPS) is 11.8. The Morgan fingerprint density at radius 2 is 2.10 bits per heavy atom. The van der Waals surface area contributed by atoms with Gasteiger partial charge in [-0.05, 0) is 38.2 Å². The van der Waals surface area contributed by atoms with Gasteiger partial charge in [0.2, 0.25) is 5.89 Å². The van der Waals surface area contributed by atoms with Crippen molar-refractivity contribution in [3.05, 3.63) is 41.8 Å². The number of nitrogens with zero attached hydrogens (tertiary/aromatic N) is 1. The molecule has 0 spiro atoms. The summed E-state index contributed by atoms with van der Waals surface area (Å²) in [6.07, 6.45) is -1.22. The molecule has 0 bridgehead atoms. The third-order valence-electron chi connectivity index (χ3n) is 2.84. The highest BCUT2D eigenvalue weighted by atomic mass is 19.4. The van der Waals surface area contributed by atoms with Crippen LogP contribution in [0.1, 0.15) is 17.7 Å². The average Bonchev–Trinajstić information content (AvgIpc) is 2.87. The van der Waals surface area contributed by atoms with Crippen LogP contribution in [0.15, 0.2) is 34.9 Å². The average molecular weight is 284 g/mol. The zero-order chi connectivity index (χ0) is 14.6. The number of halogens is 3. The first-order valence-electron chi connectivity index (χ1n) is 6.27. The van der Waals surface area contributed by atoms with Gasteiger partial charge >= 0.3 is 6.18 Å². The first kappa shape index (κ1) is 14.6. The number of alkyl halides is 3. The Morgan fingerprint density at radius 1 is 1.30 bits per heavy atom. The van der Waals surface area contributed by atoms with Crippen molar-refractivity contribution in [1.82, 2.24) is 10.3 Å².